The molecule has 11 heteroatoms. The number of fused-ring (bicyclic) bond motifs is 3. The number of aromatic hydroxyl groups is 1. The van der Waals surface area contributed by atoms with Crippen LogP contribution in [0.5, 0.6) is 11.5 Å². The van der Waals surface area contributed by atoms with Crippen molar-refractivity contribution < 1.29 is 39.5 Å². The van der Waals surface area contributed by atoms with Crippen molar-refractivity contribution >= 4 is 17.5 Å². The van der Waals surface area contributed by atoms with Gasteiger partial charge in [0.1, 0.15) is 28.6 Å². The lowest BCUT2D eigenvalue weighted by molar-refractivity contribution is -0.148. The molecule has 0 unspecified atom stereocenters. The van der Waals surface area contributed by atoms with Gasteiger partial charge in [0.15, 0.2) is 11.4 Å². The number of Topliss-reactive ketones (excluding diaryl/α,β-unsaturated/α-hetero) is 2. The average Bonchev–Trinajstić information content (AvgIpc) is 2.91. The van der Waals surface area contributed by atoms with Crippen LogP contribution >= 0.6 is 0 Å². The zero-order valence-corrected chi connectivity index (χ0v) is 23.0. The highest BCUT2D eigenvalue weighted by Crippen LogP contribution is 2.53. The standard InChI is InChI=1S/C30H33N3O8/c1-33(2)23-18-10-15-9-17-21(19(34)11-16(26(17)41-3)13-32-12-14-7-5-4-6-8-14)24(35)20(15)27(37)30(18,40)28(38)22(25(23)36)29(31)39/h4-8,11,15,18,23,32,34,36-37,40H,9-10,12-13H2,1-3H3,(H2,31,39)/t15-,18-,23-,30-/m0/s1. The summed E-state index contributed by atoms with van der Waals surface area (Å²) >= 11 is 0. The maximum Gasteiger partial charge on any atom is 0.255 e. The first kappa shape index (κ1) is 28.3. The number of likely N-dealkylation sites (N-methyl/N-ethyl adjacent to an activating group) is 1. The summed E-state index contributed by atoms with van der Waals surface area (Å²) in [7, 11) is 4.64. The third-order valence-corrected chi connectivity index (χ3v) is 8.44. The monoisotopic (exact) mass is 563 g/mol. The third kappa shape index (κ3) is 4.28. The van der Waals surface area contributed by atoms with Gasteiger partial charge >= 0.3 is 0 Å². The van der Waals surface area contributed by atoms with Crippen LogP contribution in [-0.4, -0.2) is 75.6 Å². The van der Waals surface area contributed by atoms with Crippen molar-refractivity contribution in [1.82, 2.24) is 10.2 Å². The first-order valence-corrected chi connectivity index (χ1v) is 13.2. The minimum Gasteiger partial charge on any atom is -0.510 e. The molecule has 0 heterocycles. The first-order valence-electron chi connectivity index (χ1n) is 13.2. The topological polar surface area (TPSA) is 183 Å². The number of hydrogen-bond acceptors (Lipinski definition) is 10. The molecule has 0 radical (unpaired) electrons. The molecule has 0 saturated carbocycles. The van der Waals surface area contributed by atoms with E-state index in [4.69, 9.17) is 10.5 Å². The predicted octanol–water partition coefficient (Wildman–Crippen LogP) is 1.42. The molecule has 0 fully saturated rings. The van der Waals surface area contributed by atoms with Crippen LogP contribution < -0.4 is 15.8 Å². The van der Waals surface area contributed by atoms with Crippen molar-refractivity contribution in [2.45, 2.75) is 37.6 Å². The Hall–Kier alpha value is -4.19. The van der Waals surface area contributed by atoms with Crippen LogP contribution in [0, 0.1) is 11.8 Å². The van der Waals surface area contributed by atoms with E-state index < -0.39 is 58.0 Å². The fourth-order valence-corrected chi connectivity index (χ4v) is 6.69. The molecule has 5 rings (SSSR count). The van der Waals surface area contributed by atoms with Gasteiger partial charge in [-0.1, -0.05) is 30.3 Å². The van der Waals surface area contributed by atoms with E-state index in [0.29, 0.717) is 30.0 Å². The second-order valence-corrected chi connectivity index (χ2v) is 11.0. The van der Waals surface area contributed by atoms with Crippen LogP contribution in [0.3, 0.4) is 0 Å². The predicted molar refractivity (Wildman–Crippen MR) is 147 cm³/mol. The molecule has 0 bridgehead atoms. The van der Waals surface area contributed by atoms with Gasteiger partial charge in [0.25, 0.3) is 5.91 Å². The number of carbonyl (C=O) groups excluding carboxylic acids is 3. The molecule has 0 spiro atoms. The van der Waals surface area contributed by atoms with Crippen molar-refractivity contribution in [3.05, 3.63) is 81.3 Å². The molecule has 0 saturated heterocycles. The number of nitrogens with zero attached hydrogens (tertiary/aromatic N) is 1. The van der Waals surface area contributed by atoms with Crippen LogP contribution in [0.1, 0.15) is 33.5 Å². The number of nitrogens with one attached hydrogen (secondary N) is 1. The summed E-state index contributed by atoms with van der Waals surface area (Å²) in [6, 6.07) is 10.1. The van der Waals surface area contributed by atoms with Crippen LogP contribution in [-0.2, 0) is 29.1 Å². The normalized spacial score (nSPS) is 25.6. The van der Waals surface area contributed by atoms with Crippen molar-refractivity contribution in [3.8, 4) is 11.5 Å². The summed E-state index contributed by atoms with van der Waals surface area (Å²) in [6.45, 7) is 0.897. The van der Waals surface area contributed by atoms with Crippen molar-refractivity contribution in [3.63, 3.8) is 0 Å². The van der Waals surface area contributed by atoms with E-state index in [9.17, 15) is 34.8 Å². The number of benzene rings is 2. The average molecular weight is 564 g/mol. The molecule has 3 aliphatic rings. The first-order chi connectivity index (χ1) is 19.4. The highest BCUT2D eigenvalue weighted by molar-refractivity contribution is 6.24. The Balaban J connectivity index is 1.58. The largest absolute Gasteiger partial charge is 0.510 e. The van der Waals surface area contributed by atoms with Crippen LogP contribution in [0.4, 0.5) is 0 Å². The molecule has 41 heavy (non-hydrogen) atoms. The Bertz CT molecular complexity index is 1510. The van der Waals surface area contributed by atoms with Gasteiger partial charge in [-0.2, -0.15) is 0 Å². The van der Waals surface area contributed by atoms with Gasteiger partial charge < -0.3 is 36.2 Å². The van der Waals surface area contributed by atoms with Crippen LogP contribution in [0.2, 0.25) is 0 Å². The van der Waals surface area contributed by atoms with E-state index in [1.807, 2.05) is 30.3 Å². The second-order valence-electron chi connectivity index (χ2n) is 11.0. The number of carbonyl (C=O) groups is 3. The molecule has 2 aromatic carbocycles. The molecule has 1 amide bonds. The van der Waals surface area contributed by atoms with Crippen molar-refractivity contribution in [1.29, 1.82) is 0 Å². The third-order valence-electron chi connectivity index (χ3n) is 8.44. The zero-order valence-electron chi connectivity index (χ0n) is 23.0. The van der Waals surface area contributed by atoms with Gasteiger partial charge in [-0.05, 0) is 44.5 Å². The minimum absolute atomic E-state index is 0.00611. The Morgan fingerprint density at radius 1 is 1.15 bits per heavy atom. The number of amides is 1. The summed E-state index contributed by atoms with van der Waals surface area (Å²) in [6.07, 6.45) is 0.157. The molecule has 11 nitrogen and oxygen atoms in total. The molecule has 0 aliphatic heterocycles. The molecule has 4 atom stereocenters. The smallest absolute Gasteiger partial charge is 0.255 e. The van der Waals surface area contributed by atoms with E-state index in [1.54, 1.807) is 14.1 Å². The Morgan fingerprint density at radius 3 is 2.44 bits per heavy atom. The zero-order chi connectivity index (χ0) is 29.8. The SMILES string of the molecule is COc1c(CNCc2ccccc2)cc(O)c2c1C[C@H]1C[C@H]3[C@H](N(C)C)C(O)=C(C(N)=O)C(=O)[C@@]3(O)C(O)=C1C2=O. The number of ketones is 2. The molecule has 2 aromatic rings. The maximum atomic E-state index is 13.8. The summed E-state index contributed by atoms with van der Waals surface area (Å²) in [5.74, 6) is -6.48. The fourth-order valence-electron chi connectivity index (χ4n) is 6.69. The highest BCUT2D eigenvalue weighted by atomic mass is 16.5. The number of methoxy groups -OCH3 is 1. The van der Waals surface area contributed by atoms with Gasteiger partial charge in [0.05, 0.1) is 18.7 Å². The molecule has 7 N–H and O–H groups in total. The number of rotatable bonds is 7. The van der Waals surface area contributed by atoms with E-state index >= 15 is 0 Å². The van der Waals surface area contributed by atoms with Gasteiger partial charge in [0, 0.05) is 35.7 Å². The van der Waals surface area contributed by atoms with Gasteiger partial charge in [0.2, 0.25) is 5.78 Å². The number of allylic oxidation sites excluding steroid dienone is 1. The van der Waals surface area contributed by atoms with E-state index in [1.165, 1.54) is 18.1 Å². The second kappa shape index (κ2) is 10.3. The quantitative estimate of drug-likeness (QED) is 0.270. The maximum absolute atomic E-state index is 13.8. The number of aliphatic hydroxyl groups is 3. The van der Waals surface area contributed by atoms with E-state index in [2.05, 4.69) is 5.32 Å². The number of phenols is 1. The van der Waals surface area contributed by atoms with Gasteiger partial charge in [-0.25, -0.2) is 0 Å². The fraction of sp³-hybridized carbons (Fsp3) is 0.367. The molecular weight excluding hydrogens is 530 g/mol. The van der Waals surface area contributed by atoms with Crippen LogP contribution in [0.15, 0.2) is 59.1 Å². The van der Waals surface area contributed by atoms with Crippen molar-refractivity contribution in [2.24, 2.45) is 17.6 Å². The Kier molecular flexibility index (Phi) is 7.14. The number of primary amides is 1. The summed E-state index contributed by atoms with van der Waals surface area (Å²) in [5, 5.41) is 48.3. The van der Waals surface area contributed by atoms with E-state index in [0.717, 1.165) is 5.56 Å². The summed E-state index contributed by atoms with van der Waals surface area (Å²) in [5.41, 5.74) is 3.70. The summed E-state index contributed by atoms with van der Waals surface area (Å²) in [4.78, 5) is 40.9. The van der Waals surface area contributed by atoms with Crippen molar-refractivity contribution in [2.75, 3.05) is 21.2 Å². The lowest BCUT2D eigenvalue weighted by Crippen LogP contribution is -2.63. The molecular formula is C30H33N3O8. The number of phenolic OH excluding ortho intramolecular Hbond substituents is 1. The van der Waals surface area contributed by atoms with Gasteiger partial charge in [-0.3, -0.25) is 19.3 Å². The number of aliphatic hydroxyl groups excluding tert-OH is 2. The number of hydrogen-bond donors (Lipinski definition) is 6. The number of ether oxygens (including phenoxy) is 1. The molecule has 216 valence electrons. The lowest BCUT2D eigenvalue weighted by atomic mass is 9.58. The van der Waals surface area contributed by atoms with E-state index in [-0.39, 0.29) is 29.7 Å². The highest BCUT2D eigenvalue weighted by Gasteiger charge is 2.63. The lowest BCUT2D eigenvalue weighted by Gasteiger charge is -2.50. The minimum atomic E-state index is -2.68. The molecule has 3 aliphatic carbocycles. The summed E-state index contributed by atoms with van der Waals surface area (Å²) < 4.78 is 5.72. The van der Waals surface area contributed by atoms with Crippen LogP contribution in [0.25, 0.3) is 0 Å². The Labute approximate surface area is 236 Å². The number of nitrogens with two attached hydrogens (primary N) is 1. The Morgan fingerprint density at radius 2 is 1.83 bits per heavy atom. The molecule has 0 aromatic heterocycles. The van der Waals surface area contributed by atoms with Gasteiger partial charge in [-0.15, -0.1) is 0 Å².